The zero-order valence-corrected chi connectivity index (χ0v) is 15.6. The number of pyridine rings is 1. The van der Waals surface area contributed by atoms with Crippen molar-refractivity contribution in [3.63, 3.8) is 0 Å². The van der Waals surface area contributed by atoms with Crippen molar-refractivity contribution in [1.29, 1.82) is 0 Å². The van der Waals surface area contributed by atoms with Gasteiger partial charge in [0.25, 0.3) is 5.91 Å². The number of benzene rings is 1. The van der Waals surface area contributed by atoms with Crippen molar-refractivity contribution in [3.05, 3.63) is 41.2 Å². The van der Waals surface area contributed by atoms with Gasteiger partial charge >= 0.3 is 0 Å². The van der Waals surface area contributed by atoms with E-state index < -0.39 is 5.91 Å². The Hall–Kier alpha value is -1.84. The van der Waals surface area contributed by atoms with E-state index in [1.807, 2.05) is 12.1 Å². The lowest BCUT2D eigenvalue weighted by Gasteiger charge is -2.18. The van der Waals surface area contributed by atoms with E-state index in [-0.39, 0.29) is 18.6 Å². The number of primary amides is 1. The number of nitrogens with two attached hydrogens (primary N) is 1. The molecular formula is C17H21ClN3O2P. The Bertz CT molecular complexity index is 736. The highest BCUT2D eigenvalue weighted by atomic mass is 35.5. The molecule has 24 heavy (non-hydrogen) atoms. The summed E-state index contributed by atoms with van der Waals surface area (Å²) in [7, 11) is 1.44. The number of nitrogens with one attached hydrogen (secondary N) is 1. The molecule has 2 aromatic rings. The highest BCUT2D eigenvalue weighted by Crippen LogP contribution is 2.37. The molecule has 0 saturated carbocycles. The summed E-state index contributed by atoms with van der Waals surface area (Å²) in [6, 6.07) is 7.66. The SMILES string of the molecule is CCP(CC)c1ccc(Nc2cc(Cl)ncc2C(N)=O)c(OC)c1. The lowest BCUT2D eigenvalue weighted by molar-refractivity contribution is 0.100. The fourth-order valence-electron chi connectivity index (χ4n) is 2.44. The Morgan fingerprint density at radius 2 is 2.00 bits per heavy atom. The minimum Gasteiger partial charge on any atom is -0.495 e. The van der Waals surface area contributed by atoms with Crippen LogP contribution in [0.25, 0.3) is 0 Å². The van der Waals surface area contributed by atoms with Gasteiger partial charge in [0.05, 0.1) is 24.0 Å². The third-order valence-corrected chi connectivity index (χ3v) is 6.46. The smallest absolute Gasteiger partial charge is 0.252 e. The van der Waals surface area contributed by atoms with Gasteiger partial charge in [0.1, 0.15) is 10.9 Å². The molecule has 0 bridgehead atoms. The molecule has 1 amide bonds. The molecule has 0 radical (unpaired) electrons. The number of amides is 1. The number of hydrogen-bond acceptors (Lipinski definition) is 4. The van der Waals surface area contributed by atoms with Crippen LogP contribution in [0.2, 0.25) is 5.15 Å². The predicted molar refractivity (Wildman–Crippen MR) is 102 cm³/mol. The number of ether oxygens (including phenoxy) is 1. The number of hydrogen-bond donors (Lipinski definition) is 2. The van der Waals surface area contributed by atoms with Gasteiger partial charge in [-0.3, -0.25) is 4.79 Å². The lowest BCUT2D eigenvalue weighted by atomic mass is 10.2. The molecule has 0 aliphatic rings. The summed E-state index contributed by atoms with van der Waals surface area (Å²) < 4.78 is 5.51. The van der Waals surface area contributed by atoms with Gasteiger partial charge in [-0.25, -0.2) is 4.98 Å². The maximum Gasteiger partial charge on any atom is 0.252 e. The Labute approximate surface area is 148 Å². The number of anilines is 2. The molecule has 1 aromatic heterocycles. The van der Waals surface area contributed by atoms with Crippen LogP contribution >= 0.6 is 19.5 Å². The summed E-state index contributed by atoms with van der Waals surface area (Å²) in [6.07, 6.45) is 3.63. The molecule has 0 aliphatic heterocycles. The van der Waals surface area contributed by atoms with E-state index in [1.54, 1.807) is 13.2 Å². The fraction of sp³-hybridized carbons (Fsp3) is 0.294. The second kappa shape index (κ2) is 8.32. The number of rotatable bonds is 7. The van der Waals surface area contributed by atoms with Crippen molar-refractivity contribution in [2.75, 3.05) is 24.8 Å². The molecule has 0 atom stereocenters. The lowest BCUT2D eigenvalue weighted by Crippen LogP contribution is -2.14. The highest BCUT2D eigenvalue weighted by molar-refractivity contribution is 7.65. The van der Waals surface area contributed by atoms with Crippen molar-refractivity contribution < 1.29 is 9.53 Å². The van der Waals surface area contributed by atoms with Gasteiger partial charge in [0, 0.05) is 6.20 Å². The van der Waals surface area contributed by atoms with Crippen molar-refractivity contribution >= 4 is 42.1 Å². The van der Waals surface area contributed by atoms with Gasteiger partial charge < -0.3 is 15.8 Å². The maximum absolute atomic E-state index is 11.6. The highest BCUT2D eigenvalue weighted by Gasteiger charge is 2.14. The van der Waals surface area contributed by atoms with Gasteiger partial charge in [-0.2, -0.15) is 0 Å². The van der Waals surface area contributed by atoms with Gasteiger partial charge in [-0.15, -0.1) is 0 Å². The molecule has 0 unspecified atom stereocenters. The minimum absolute atomic E-state index is 0.180. The van der Waals surface area contributed by atoms with Gasteiger partial charge in [-0.1, -0.05) is 39.4 Å². The molecule has 7 heteroatoms. The Morgan fingerprint density at radius 1 is 1.29 bits per heavy atom. The standard InChI is InChI=1S/C17H21ClN3O2P/c1-4-24(5-2)11-6-7-13(15(8-11)23-3)21-14-9-16(18)20-10-12(14)17(19)22/h6-10H,4-5H2,1-3H3,(H2,19,22)(H,20,21). The van der Waals surface area contributed by atoms with E-state index in [0.717, 1.165) is 18.0 Å². The Balaban J connectivity index is 2.40. The first-order valence-corrected chi connectivity index (χ1v) is 9.74. The van der Waals surface area contributed by atoms with Gasteiger partial charge in [-0.05, 0) is 35.8 Å². The molecule has 0 saturated heterocycles. The number of halogens is 1. The summed E-state index contributed by atoms with van der Waals surface area (Å²) in [5.41, 5.74) is 6.92. The van der Waals surface area contributed by atoms with E-state index in [4.69, 9.17) is 22.1 Å². The summed E-state index contributed by atoms with van der Waals surface area (Å²) in [4.78, 5) is 15.5. The third kappa shape index (κ3) is 4.16. The zero-order valence-electron chi connectivity index (χ0n) is 14.0. The number of aromatic nitrogens is 1. The first kappa shape index (κ1) is 18.5. The van der Waals surface area contributed by atoms with Crippen LogP contribution in [0.5, 0.6) is 5.75 Å². The molecule has 2 rings (SSSR count). The van der Waals surface area contributed by atoms with Crippen LogP contribution in [-0.2, 0) is 0 Å². The molecule has 0 spiro atoms. The van der Waals surface area contributed by atoms with Crippen LogP contribution in [0.1, 0.15) is 24.2 Å². The first-order valence-electron chi connectivity index (χ1n) is 7.65. The van der Waals surface area contributed by atoms with E-state index in [1.165, 1.54) is 11.5 Å². The second-order valence-electron chi connectivity index (χ2n) is 5.10. The van der Waals surface area contributed by atoms with Crippen LogP contribution in [0.15, 0.2) is 30.5 Å². The number of methoxy groups -OCH3 is 1. The zero-order chi connectivity index (χ0) is 17.7. The number of carbonyl (C=O) groups excluding carboxylic acids is 1. The van der Waals surface area contributed by atoms with Gasteiger partial charge in [0.2, 0.25) is 0 Å². The number of carbonyl (C=O) groups is 1. The summed E-state index contributed by atoms with van der Waals surface area (Å²) in [6.45, 7) is 4.40. The summed E-state index contributed by atoms with van der Waals surface area (Å²) in [5.74, 6) is 0.142. The summed E-state index contributed by atoms with van der Waals surface area (Å²) >= 11 is 5.93. The largest absolute Gasteiger partial charge is 0.495 e. The first-order chi connectivity index (χ1) is 11.5. The van der Waals surface area contributed by atoms with E-state index in [2.05, 4.69) is 30.2 Å². The second-order valence-corrected chi connectivity index (χ2v) is 8.35. The van der Waals surface area contributed by atoms with E-state index in [0.29, 0.717) is 11.4 Å². The van der Waals surface area contributed by atoms with E-state index in [9.17, 15) is 4.79 Å². The minimum atomic E-state index is -0.572. The molecule has 1 heterocycles. The predicted octanol–water partition coefficient (Wildman–Crippen LogP) is 3.73. The molecule has 128 valence electrons. The van der Waals surface area contributed by atoms with Crippen molar-refractivity contribution in [2.24, 2.45) is 5.73 Å². The molecule has 0 fully saturated rings. The van der Waals surface area contributed by atoms with Crippen molar-refractivity contribution in [3.8, 4) is 5.75 Å². The van der Waals surface area contributed by atoms with Crippen LogP contribution in [0.3, 0.4) is 0 Å². The normalized spacial score (nSPS) is 10.7. The fourth-order valence-corrected chi connectivity index (χ4v) is 4.36. The topological polar surface area (TPSA) is 77.2 Å². The molecule has 1 aromatic carbocycles. The number of nitrogens with zero attached hydrogens (tertiary/aromatic N) is 1. The Kier molecular flexibility index (Phi) is 6.41. The average molecular weight is 366 g/mol. The quantitative estimate of drug-likeness (QED) is 0.579. The van der Waals surface area contributed by atoms with Crippen LogP contribution in [-0.4, -0.2) is 30.3 Å². The van der Waals surface area contributed by atoms with Crippen molar-refractivity contribution in [2.45, 2.75) is 13.8 Å². The van der Waals surface area contributed by atoms with Crippen LogP contribution < -0.4 is 21.1 Å². The van der Waals surface area contributed by atoms with Gasteiger partial charge in [0.15, 0.2) is 0 Å². The molecule has 0 aliphatic carbocycles. The summed E-state index contributed by atoms with van der Waals surface area (Å²) in [5, 5.41) is 4.74. The molecular weight excluding hydrogens is 345 g/mol. The van der Waals surface area contributed by atoms with Crippen LogP contribution in [0, 0.1) is 0 Å². The Morgan fingerprint density at radius 3 is 2.58 bits per heavy atom. The molecule has 3 N–H and O–H groups in total. The maximum atomic E-state index is 11.6. The van der Waals surface area contributed by atoms with Crippen molar-refractivity contribution in [1.82, 2.24) is 4.98 Å². The molecule has 5 nitrogen and oxygen atoms in total. The monoisotopic (exact) mass is 365 g/mol. The van der Waals surface area contributed by atoms with E-state index >= 15 is 0 Å². The third-order valence-electron chi connectivity index (χ3n) is 3.72. The van der Waals surface area contributed by atoms with Crippen LogP contribution in [0.4, 0.5) is 11.4 Å². The average Bonchev–Trinajstić information content (AvgIpc) is 2.56.